The standard InChI is InChI=1S/C11H21NO3/c1-8(9(2)15-3)12-7-5-4-6-10(12)11(13)14/h8-10H,4-7H2,1-3H3,(H,13,14). The number of hydrogen-bond acceptors (Lipinski definition) is 3. The van der Waals surface area contributed by atoms with E-state index in [1.165, 1.54) is 0 Å². The summed E-state index contributed by atoms with van der Waals surface area (Å²) in [5, 5.41) is 9.13. The van der Waals surface area contributed by atoms with Crippen LogP contribution in [0.1, 0.15) is 33.1 Å². The van der Waals surface area contributed by atoms with E-state index in [0.717, 1.165) is 25.8 Å². The zero-order valence-corrected chi connectivity index (χ0v) is 9.77. The van der Waals surface area contributed by atoms with Gasteiger partial charge < -0.3 is 9.84 Å². The summed E-state index contributed by atoms with van der Waals surface area (Å²) < 4.78 is 5.26. The van der Waals surface area contributed by atoms with Crippen LogP contribution in [0.5, 0.6) is 0 Å². The lowest BCUT2D eigenvalue weighted by atomic mass is 9.98. The van der Waals surface area contributed by atoms with Crippen molar-refractivity contribution >= 4 is 5.97 Å². The van der Waals surface area contributed by atoms with Gasteiger partial charge in [-0.2, -0.15) is 0 Å². The van der Waals surface area contributed by atoms with Crippen LogP contribution < -0.4 is 0 Å². The van der Waals surface area contributed by atoms with Crippen LogP contribution in [0.25, 0.3) is 0 Å². The first-order valence-corrected chi connectivity index (χ1v) is 5.59. The largest absolute Gasteiger partial charge is 0.480 e. The fourth-order valence-corrected chi connectivity index (χ4v) is 2.17. The SMILES string of the molecule is COC(C)C(C)N1CCCCC1C(=O)O. The fourth-order valence-electron chi connectivity index (χ4n) is 2.17. The summed E-state index contributed by atoms with van der Waals surface area (Å²) >= 11 is 0. The molecule has 3 unspecified atom stereocenters. The predicted molar refractivity (Wildman–Crippen MR) is 57.9 cm³/mol. The number of carbonyl (C=O) groups is 1. The summed E-state index contributed by atoms with van der Waals surface area (Å²) in [5.74, 6) is -0.704. The molecule has 3 atom stereocenters. The lowest BCUT2D eigenvalue weighted by molar-refractivity contribution is -0.147. The molecule has 0 aliphatic carbocycles. The first-order valence-electron chi connectivity index (χ1n) is 5.59. The minimum Gasteiger partial charge on any atom is -0.480 e. The molecule has 1 heterocycles. The number of rotatable bonds is 4. The van der Waals surface area contributed by atoms with Gasteiger partial charge in [0.25, 0.3) is 0 Å². The van der Waals surface area contributed by atoms with Gasteiger partial charge in [-0.15, -0.1) is 0 Å². The van der Waals surface area contributed by atoms with E-state index >= 15 is 0 Å². The van der Waals surface area contributed by atoms with Crippen LogP contribution in [0.15, 0.2) is 0 Å². The highest BCUT2D eigenvalue weighted by atomic mass is 16.5. The van der Waals surface area contributed by atoms with Gasteiger partial charge in [-0.05, 0) is 33.2 Å². The third-order valence-electron chi connectivity index (χ3n) is 3.40. The quantitative estimate of drug-likeness (QED) is 0.769. The average molecular weight is 215 g/mol. The molecule has 0 saturated carbocycles. The molecular formula is C11H21NO3. The molecule has 1 aliphatic heterocycles. The first kappa shape index (κ1) is 12.5. The maximum atomic E-state index is 11.1. The molecule has 4 heteroatoms. The zero-order valence-electron chi connectivity index (χ0n) is 9.77. The molecule has 1 rings (SSSR count). The van der Waals surface area contributed by atoms with Crippen molar-refractivity contribution in [3.05, 3.63) is 0 Å². The molecule has 1 N–H and O–H groups in total. The number of carboxylic acid groups (broad SMARTS) is 1. The summed E-state index contributed by atoms with van der Waals surface area (Å²) in [6, 6.07) is -0.164. The maximum Gasteiger partial charge on any atom is 0.320 e. The predicted octanol–water partition coefficient (Wildman–Crippen LogP) is 1.35. The fraction of sp³-hybridized carbons (Fsp3) is 0.909. The Morgan fingerprint density at radius 2 is 2.13 bits per heavy atom. The van der Waals surface area contributed by atoms with Crippen molar-refractivity contribution in [2.75, 3.05) is 13.7 Å². The van der Waals surface area contributed by atoms with Crippen molar-refractivity contribution in [3.63, 3.8) is 0 Å². The Morgan fingerprint density at radius 1 is 1.47 bits per heavy atom. The third kappa shape index (κ3) is 2.92. The Kier molecular flexibility index (Phi) is 4.54. The number of piperidine rings is 1. The molecule has 88 valence electrons. The van der Waals surface area contributed by atoms with Gasteiger partial charge in [-0.25, -0.2) is 0 Å². The third-order valence-corrected chi connectivity index (χ3v) is 3.40. The van der Waals surface area contributed by atoms with Gasteiger partial charge in [-0.1, -0.05) is 6.42 Å². The number of methoxy groups -OCH3 is 1. The van der Waals surface area contributed by atoms with E-state index in [4.69, 9.17) is 9.84 Å². The van der Waals surface area contributed by atoms with Gasteiger partial charge in [0.15, 0.2) is 0 Å². The molecule has 0 amide bonds. The summed E-state index contributed by atoms with van der Waals surface area (Å²) in [5.41, 5.74) is 0. The normalized spacial score (nSPS) is 27.3. The molecule has 0 aromatic rings. The van der Waals surface area contributed by atoms with E-state index in [2.05, 4.69) is 4.90 Å². The van der Waals surface area contributed by atoms with Crippen molar-refractivity contribution in [2.45, 2.75) is 51.3 Å². The molecule has 0 spiro atoms. The van der Waals surface area contributed by atoms with Crippen molar-refractivity contribution in [1.82, 2.24) is 4.90 Å². The molecule has 1 aliphatic rings. The minimum absolute atomic E-state index is 0.0740. The van der Waals surface area contributed by atoms with Gasteiger partial charge >= 0.3 is 5.97 Å². The van der Waals surface area contributed by atoms with Gasteiger partial charge in [-0.3, -0.25) is 9.69 Å². The zero-order chi connectivity index (χ0) is 11.4. The van der Waals surface area contributed by atoms with E-state index in [0.29, 0.717) is 0 Å². The summed E-state index contributed by atoms with van der Waals surface area (Å²) in [6.07, 6.45) is 2.94. The Morgan fingerprint density at radius 3 is 2.67 bits per heavy atom. The molecule has 0 aromatic heterocycles. The van der Waals surface area contributed by atoms with E-state index in [-0.39, 0.29) is 18.2 Å². The number of carboxylic acids is 1. The Labute approximate surface area is 91.2 Å². The second-order valence-corrected chi connectivity index (χ2v) is 4.27. The van der Waals surface area contributed by atoms with Gasteiger partial charge in [0, 0.05) is 13.2 Å². The van der Waals surface area contributed by atoms with E-state index in [1.54, 1.807) is 7.11 Å². The smallest absolute Gasteiger partial charge is 0.320 e. The lowest BCUT2D eigenvalue weighted by Crippen LogP contribution is -2.52. The van der Waals surface area contributed by atoms with Gasteiger partial charge in [0.2, 0.25) is 0 Å². The van der Waals surface area contributed by atoms with Crippen molar-refractivity contribution in [3.8, 4) is 0 Å². The molecule has 0 aromatic carbocycles. The first-order chi connectivity index (χ1) is 7.07. The number of likely N-dealkylation sites (tertiary alicyclic amines) is 1. The van der Waals surface area contributed by atoms with E-state index in [1.807, 2.05) is 13.8 Å². The minimum atomic E-state index is -0.704. The molecule has 1 fully saturated rings. The Balaban J connectivity index is 2.67. The van der Waals surface area contributed by atoms with Crippen LogP contribution in [-0.2, 0) is 9.53 Å². The second kappa shape index (κ2) is 5.47. The highest BCUT2D eigenvalue weighted by molar-refractivity contribution is 5.73. The second-order valence-electron chi connectivity index (χ2n) is 4.27. The molecule has 4 nitrogen and oxygen atoms in total. The average Bonchev–Trinajstić information content (AvgIpc) is 2.27. The number of aliphatic carboxylic acids is 1. The van der Waals surface area contributed by atoms with Crippen LogP contribution in [0.2, 0.25) is 0 Å². The van der Waals surface area contributed by atoms with Crippen LogP contribution in [0.3, 0.4) is 0 Å². The molecule has 0 radical (unpaired) electrons. The molecular weight excluding hydrogens is 194 g/mol. The monoisotopic (exact) mass is 215 g/mol. The van der Waals surface area contributed by atoms with Crippen molar-refractivity contribution in [1.29, 1.82) is 0 Å². The number of ether oxygens (including phenoxy) is 1. The molecule has 0 bridgehead atoms. The van der Waals surface area contributed by atoms with Crippen LogP contribution >= 0.6 is 0 Å². The maximum absolute atomic E-state index is 11.1. The molecule has 15 heavy (non-hydrogen) atoms. The summed E-state index contributed by atoms with van der Waals surface area (Å²) in [6.45, 7) is 4.89. The van der Waals surface area contributed by atoms with Gasteiger partial charge in [0.05, 0.1) is 6.10 Å². The molecule has 1 saturated heterocycles. The Bertz CT molecular complexity index is 220. The number of hydrogen-bond donors (Lipinski definition) is 1. The topological polar surface area (TPSA) is 49.8 Å². The van der Waals surface area contributed by atoms with Crippen molar-refractivity contribution < 1.29 is 14.6 Å². The lowest BCUT2D eigenvalue weighted by Gasteiger charge is -2.39. The number of nitrogens with zero attached hydrogens (tertiary/aromatic N) is 1. The van der Waals surface area contributed by atoms with Crippen LogP contribution in [0.4, 0.5) is 0 Å². The van der Waals surface area contributed by atoms with Crippen LogP contribution in [-0.4, -0.2) is 47.8 Å². The van der Waals surface area contributed by atoms with Gasteiger partial charge in [0.1, 0.15) is 6.04 Å². The highest BCUT2D eigenvalue weighted by Gasteiger charge is 2.33. The Hall–Kier alpha value is -0.610. The van der Waals surface area contributed by atoms with E-state index in [9.17, 15) is 4.79 Å². The van der Waals surface area contributed by atoms with E-state index < -0.39 is 5.97 Å². The summed E-state index contributed by atoms with van der Waals surface area (Å²) in [7, 11) is 1.67. The van der Waals surface area contributed by atoms with Crippen LogP contribution in [0, 0.1) is 0 Å². The van der Waals surface area contributed by atoms with Crippen molar-refractivity contribution in [2.24, 2.45) is 0 Å². The summed E-state index contributed by atoms with van der Waals surface area (Å²) in [4.78, 5) is 13.2. The highest BCUT2D eigenvalue weighted by Crippen LogP contribution is 2.21.